The molecule has 7 heteroatoms. The fourth-order valence-corrected chi connectivity index (χ4v) is 4.43. The Hall–Kier alpha value is -2.02. The highest BCUT2D eigenvalue weighted by Gasteiger charge is 2.51. The van der Waals surface area contributed by atoms with Crippen molar-refractivity contribution in [3.8, 4) is 0 Å². The van der Waals surface area contributed by atoms with Gasteiger partial charge in [-0.15, -0.1) is 0 Å². The van der Waals surface area contributed by atoms with Crippen LogP contribution < -0.4 is 16.4 Å². The molecule has 0 bridgehead atoms. The number of allylic oxidation sites excluding steroid dienone is 1. The number of rotatable bonds is 3. The van der Waals surface area contributed by atoms with Crippen molar-refractivity contribution in [3.63, 3.8) is 0 Å². The summed E-state index contributed by atoms with van der Waals surface area (Å²) in [5.41, 5.74) is 7.74. The van der Waals surface area contributed by atoms with E-state index < -0.39 is 0 Å². The number of nitrogens with two attached hydrogens (primary N) is 1. The van der Waals surface area contributed by atoms with E-state index in [0.717, 1.165) is 49.6 Å². The molecule has 2 saturated heterocycles. The lowest BCUT2D eigenvalue weighted by molar-refractivity contribution is -0.152. The Morgan fingerprint density at radius 2 is 2.36 bits per heavy atom. The second-order valence-corrected chi connectivity index (χ2v) is 7.45. The first-order valence-corrected chi connectivity index (χ1v) is 9.08. The summed E-state index contributed by atoms with van der Waals surface area (Å²) in [5, 5.41) is 6.26. The molecule has 2 fully saturated rings. The maximum atomic E-state index is 12.5. The van der Waals surface area contributed by atoms with Crippen LogP contribution in [0.3, 0.4) is 0 Å². The number of carbonyl (C=O) groups excluding carboxylic acids is 1. The van der Waals surface area contributed by atoms with Crippen LogP contribution in [0.4, 0.5) is 0 Å². The molecular weight excluding hydrogens is 316 g/mol. The van der Waals surface area contributed by atoms with Gasteiger partial charge in [0.15, 0.2) is 0 Å². The van der Waals surface area contributed by atoms with Crippen molar-refractivity contribution in [2.45, 2.75) is 32.2 Å². The number of hydrogen-bond acceptors (Lipinski definition) is 6. The van der Waals surface area contributed by atoms with E-state index in [1.54, 1.807) is 6.20 Å². The average molecular weight is 346 g/mol. The molecule has 3 aliphatic heterocycles. The fraction of sp³-hybridized carbons (Fsp3) is 0.667. The second kappa shape index (κ2) is 7.07. The van der Waals surface area contributed by atoms with E-state index in [4.69, 9.17) is 10.7 Å². The van der Waals surface area contributed by atoms with E-state index in [0.29, 0.717) is 19.1 Å². The first-order chi connectivity index (χ1) is 12.0. The third-order valence-corrected chi connectivity index (χ3v) is 5.53. The van der Waals surface area contributed by atoms with Crippen LogP contribution in [0.25, 0.3) is 0 Å². The van der Waals surface area contributed by atoms with Gasteiger partial charge in [0.25, 0.3) is 0 Å². The molecule has 138 valence electrons. The largest absolute Gasteiger partial charge is 0.405 e. The number of aliphatic imine (C=N–C) groups is 1. The summed E-state index contributed by atoms with van der Waals surface area (Å²) >= 11 is 0. The molecule has 2 unspecified atom stereocenters. The Balaban J connectivity index is 1.84. The Morgan fingerprint density at radius 1 is 1.56 bits per heavy atom. The van der Waals surface area contributed by atoms with E-state index >= 15 is 0 Å². The van der Waals surface area contributed by atoms with Crippen molar-refractivity contribution in [1.82, 2.24) is 20.4 Å². The highest BCUT2D eigenvalue weighted by Crippen LogP contribution is 2.41. The van der Waals surface area contributed by atoms with Crippen molar-refractivity contribution in [2.24, 2.45) is 16.6 Å². The van der Waals surface area contributed by atoms with Crippen LogP contribution in [0.5, 0.6) is 0 Å². The van der Waals surface area contributed by atoms with E-state index in [9.17, 15) is 4.79 Å². The van der Waals surface area contributed by atoms with E-state index in [-0.39, 0.29) is 11.4 Å². The lowest BCUT2D eigenvalue weighted by atomic mass is 9.74. The maximum Gasteiger partial charge on any atom is 0.237 e. The van der Waals surface area contributed by atoms with Gasteiger partial charge in [-0.1, -0.05) is 6.92 Å². The molecule has 0 saturated carbocycles. The Labute approximate surface area is 150 Å². The van der Waals surface area contributed by atoms with Crippen LogP contribution in [0.2, 0.25) is 0 Å². The first-order valence-electron chi connectivity index (χ1n) is 9.08. The summed E-state index contributed by atoms with van der Waals surface area (Å²) in [5.74, 6) is 1.71. The molecule has 2 atom stereocenters. The minimum atomic E-state index is -0.0512. The van der Waals surface area contributed by atoms with Crippen LogP contribution in [-0.4, -0.2) is 67.0 Å². The van der Waals surface area contributed by atoms with Crippen molar-refractivity contribution in [1.29, 1.82) is 0 Å². The predicted octanol–water partition coefficient (Wildman–Crippen LogP) is 0.224. The summed E-state index contributed by atoms with van der Waals surface area (Å²) < 4.78 is 0. The molecule has 4 N–H and O–H groups in total. The van der Waals surface area contributed by atoms with E-state index in [1.165, 1.54) is 0 Å². The topological polar surface area (TPSA) is 86.0 Å². The number of amidine groups is 1. The molecule has 7 nitrogen and oxygen atoms in total. The Bertz CT molecular complexity index is 625. The molecule has 0 aromatic rings. The number of carbonyl (C=O) groups is 1. The molecule has 25 heavy (non-hydrogen) atoms. The van der Waals surface area contributed by atoms with Crippen LogP contribution in [0.15, 0.2) is 28.5 Å². The van der Waals surface area contributed by atoms with Crippen LogP contribution in [0.1, 0.15) is 26.7 Å². The molecule has 1 spiro atoms. The third-order valence-electron chi connectivity index (χ3n) is 5.53. The number of likely N-dealkylation sites (tertiary alicyclic amines) is 2. The number of piperidine rings is 1. The maximum absolute atomic E-state index is 12.5. The predicted molar refractivity (Wildman–Crippen MR) is 99.8 cm³/mol. The standard InChI is InChI=1S/C18H30N6O/c1-13-8-18(5-7-24(18)16(25)9-20-3)11-23(10-13)17-15(4-6-19)14(2)21-12-22-17/h4,6,13,20-21H,5,7-12,19H2,1-3H3/b6-4-. The zero-order valence-corrected chi connectivity index (χ0v) is 15.5. The zero-order chi connectivity index (χ0) is 18.0. The van der Waals surface area contributed by atoms with E-state index in [1.807, 2.05) is 13.1 Å². The molecule has 3 aliphatic rings. The van der Waals surface area contributed by atoms with Crippen molar-refractivity contribution in [2.75, 3.05) is 39.9 Å². The van der Waals surface area contributed by atoms with Gasteiger partial charge in [-0.2, -0.15) is 0 Å². The Kier molecular flexibility index (Phi) is 5.03. The highest BCUT2D eigenvalue weighted by atomic mass is 16.2. The molecule has 3 rings (SSSR count). The summed E-state index contributed by atoms with van der Waals surface area (Å²) in [7, 11) is 1.82. The molecular formula is C18H30N6O. The van der Waals surface area contributed by atoms with Gasteiger partial charge in [0, 0.05) is 30.9 Å². The number of nitrogens with one attached hydrogen (secondary N) is 2. The summed E-state index contributed by atoms with van der Waals surface area (Å²) in [6.07, 6.45) is 5.61. The van der Waals surface area contributed by atoms with Gasteiger partial charge in [-0.25, -0.2) is 4.99 Å². The molecule has 0 aromatic carbocycles. The lowest BCUT2D eigenvalue weighted by Crippen LogP contribution is -2.71. The molecule has 3 heterocycles. The molecule has 0 radical (unpaired) electrons. The molecule has 0 aliphatic carbocycles. The van der Waals surface area contributed by atoms with Crippen molar-refractivity contribution >= 4 is 11.7 Å². The highest BCUT2D eigenvalue weighted by molar-refractivity contribution is 6.02. The second-order valence-electron chi connectivity index (χ2n) is 7.45. The minimum Gasteiger partial charge on any atom is -0.405 e. The Morgan fingerprint density at radius 3 is 3.00 bits per heavy atom. The summed E-state index contributed by atoms with van der Waals surface area (Å²) in [4.78, 5) is 21.6. The van der Waals surface area contributed by atoms with Crippen LogP contribution >= 0.6 is 0 Å². The van der Waals surface area contributed by atoms with Gasteiger partial charge in [0.05, 0.1) is 12.1 Å². The van der Waals surface area contributed by atoms with Crippen LogP contribution in [-0.2, 0) is 4.79 Å². The van der Waals surface area contributed by atoms with E-state index in [2.05, 4.69) is 34.3 Å². The average Bonchev–Trinajstić information content (AvgIpc) is 2.55. The van der Waals surface area contributed by atoms with Gasteiger partial charge in [0.2, 0.25) is 5.91 Å². The summed E-state index contributed by atoms with van der Waals surface area (Å²) in [6, 6.07) is 0. The quantitative estimate of drug-likeness (QED) is 0.681. The number of amides is 1. The number of nitrogens with zero attached hydrogens (tertiary/aromatic N) is 3. The smallest absolute Gasteiger partial charge is 0.237 e. The molecule has 1 amide bonds. The van der Waals surface area contributed by atoms with Gasteiger partial charge < -0.3 is 26.2 Å². The fourth-order valence-electron chi connectivity index (χ4n) is 4.43. The lowest BCUT2D eigenvalue weighted by Gasteiger charge is -2.59. The normalized spacial score (nSPS) is 29.7. The monoisotopic (exact) mass is 346 g/mol. The van der Waals surface area contributed by atoms with Gasteiger partial charge in [0.1, 0.15) is 12.5 Å². The van der Waals surface area contributed by atoms with Gasteiger partial charge in [-0.3, -0.25) is 4.79 Å². The SMILES string of the molecule is CNCC(=O)N1CCC12CC(C)CN(C1=NCNC(C)=C1/C=C\N)C2. The third kappa shape index (κ3) is 3.25. The van der Waals surface area contributed by atoms with Crippen LogP contribution in [0, 0.1) is 5.92 Å². The van der Waals surface area contributed by atoms with Gasteiger partial charge in [-0.05, 0) is 45.0 Å². The van der Waals surface area contributed by atoms with Gasteiger partial charge >= 0.3 is 0 Å². The first kappa shape index (κ1) is 17.8. The minimum absolute atomic E-state index is 0.0512. The number of likely N-dealkylation sites (N-methyl/N-ethyl adjacent to an activating group) is 1. The zero-order valence-electron chi connectivity index (χ0n) is 15.5. The number of hydrogen-bond donors (Lipinski definition) is 3. The summed E-state index contributed by atoms with van der Waals surface area (Å²) in [6.45, 7) is 7.98. The molecule has 0 aromatic heterocycles. The van der Waals surface area contributed by atoms with Crippen molar-refractivity contribution < 1.29 is 4.79 Å². The van der Waals surface area contributed by atoms with Crippen molar-refractivity contribution in [3.05, 3.63) is 23.5 Å².